The first kappa shape index (κ1) is 13.7. The lowest BCUT2D eigenvalue weighted by atomic mass is 9.99. The van der Waals surface area contributed by atoms with Crippen LogP contribution in [0.5, 0.6) is 0 Å². The Morgan fingerprint density at radius 2 is 2.14 bits per heavy atom. The van der Waals surface area contributed by atoms with Crippen LogP contribution in [0.2, 0.25) is 0 Å². The van der Waals surface area contributed by atoms with Crippen molar-refractivity contribution in [3.63, 3.8) is 0 Å². The van der Waals surface area contributed by atoms with Gasteiger partial charge in [-0.15, -0.1) is 0 Å². The molecule has 5 heteroatoms. The van der Waals surface area contributed by atoms with Gasteiger partial charge in [-0.2, -0.15) is 0 Å². The second-order valence-electron chi connectivity index (χ2n) is 5.27. The van der Waals surface area contributed by atoms with Crippen molar-refractivity contribution < 1.29 is 9.90 Å². The highest BCUT2D eigenvalue weighted by Crippen LogP contribution is 2.27. The van der Waals surface area contributed by atoms with E-state index in [4.69, 9.17) is 0 Å². The maximum Gasteiger partial charge on any atom is 0.336 e. The van der Waals surface area contributed by atoms with Gasteiger partial charge in [-0.05, 0) is 32.0 Å². The third-order valence-electron chi connectivity index (χ3n) is 3.77. The molecule has 3 rings (SSSR count). The summed E-state index contributed by atoms with van der Waals surface area (Å²) in [4.78, 5) is 20.3. The number of nitrogens with zero attached hydrogens (tertiary/aromatic N) is 2. The number of carboxylic acid groups (broad SMARTS) is 1. The van der Waals surface area contributed by atoms with Gasteiger partial charge in [0, 0.05) is 23.7 Å². The standard InChI is InChI=1S/C16H17N3O2/c1-10-18-14(11-6-7-17-9-11)8-15(19-10)12-4-2-3-5-13(12)16(20)21/h2-5,8,11,17H,6-7,9H2,1H3,(H,20,21). The average molecular weight is 283 g/mol. The molecular weight excluding hydrogens is 266 g/mol. The zero-order chi connectivity index (χ0) is 14.8. The Bertz CT molecular complexity index is 679. The highest BCUT2D eigenvalue weighted by atomic mass is 16.4. The van der Waals surface area contributed by atoms with E-state index in [9.17, 15) is 9.90 Å². The molecule has 2 aromatic rings. The number of aryl methyl sites for hydroxylation is 1. The molecule has 108 valence electrons. The van der Waals surface area contributed by atoms with Crippen LogP contribution in [0.15, 0.2) is 30.3 Å². The van der Waals surface area contributed by atoms with Crippen molar-refractivity contribution >= 4 is 5.97 Å². The minimum Gasteiger partial charge on any atom is -0.478 e. The highest BCUT2D eigenvalue weighted by molar-refractivity contribution is 5.95. The lowest BCUT2D eigenvalue weighted by molar-refractivity contribution is 0.0697. The number of rotatable bonds is 3. The zero-order valence-corrected chi connectivity index (χ0v) is 11.8. The molecule has 1 aliphatic rings. The summed E-state index contributed by atoms with van der Waals surface area (Å²) in [6.07, 6.45) is 1.05. The second kappa shape index (κ2) is 5.61. The average Bonchev–Trinajstić information content (AvgIpc) is 3.01. The van der Waals surface area contributed by atoms with Gasteiger partial charge in [-0.1, -0.05) is 18.2 Å². The molecule has 0 amide bonds. The summed E-state index contributed by atoms with van der Waals surface area (Å²) in [5.41, 5.74) is 2.58. The van der Waals surface area contributed by atoms with Crippen LogP contribution >= 0.6 is 0 Å². The van der Waals surface area contributed by atoms with E-state index in [1.807, 2.05) is 19.1 Å². The Labute approximate surface area is 123 Å². The molecule has 1 atom stereocenters. The molecule has 0 aliphatic carbocycles. The summed E-state index contributed by atoms with van der Waals surface area (Å²) in [6, 6.07) is 8.87. The van der Waals surface area contributed by atoms with E-state index in [-0.39, 0.29) is 5.56 Å². The quantitative estimate of drug-likeness (QED) is 0.903. The first-order chi connectivity index (χ1) is 10.1. The number of carbonyl (C=O) groups is 1. The maximum absolute atomic E-state index is 11.4. The summed E-state index contributed by atoms with van der Waals surface area (Å²) in [5.74, 6) is 0.114. The number of hydrogen-bond donors (Lipinski definition) is 2. The molecule has 1 fully saturated rings. The maximum atomic E-state index is 11.4. The van der Waals surface area contributed by atoms with Gasteiger partial charge in [0.15, 0.2) is 0 Å². The van der Waals surface area contributed by atoms with E-state index < -0.39 is 5.97 Å². The molecule has 2 heterocycles. The predicted molar refractivity (Wildman–Crippen MR) is 79.4 cm³/mol. The number of benzene rings is 1. The van der Waals surface area contributed by atoms with Crippen LogP contribution < -0.4 is 5.32 Å². The zero-order valence-electron chi connectivity index (χ0n) is 11.8. The van der Waals surface area contributed by atoms with Crippen LogP contribution in [0.4, 0.5) is 0 Å². The summed E-state index contributed by atoms with van der Waals surface area (Å²) in [5, 5.41) is 12.6. The van der Waals surface area contributed by atoms with Crippen LogP contribution in [0, 0.1) is 6.92 Å². The van der Waals surface area contributed by atoms with Crippen LogP contribution in [0.3, 0.4) is 0 Å². The molecule has 1 saturated heterocycles. The first-order valence-corrected chi connectivity index (χ1v) is 7.04. The summed E-state index contributed by atoms with van der Waals surface area (Å²) >= 11 is 0. The van der Waals surface area contributed by atoms with Crippen LogP contribution in [-0.4, -0.2) is 34.1 Å². The number of hydrogen-bond acceptors (Lipinski definition) is 4. The van der Waals surface area contributed by atoms with Crippen LogP contribution in [0.1, 0.15) is 34.2 Å². The molecule has 1 unspecified atom stereocenters. The summed E-state index contributed by atoms with van der Waals surface area (Å²) in [6.45, 7) is 3.75. The molecule has 0 saturated carbocycles. The third-order valence-corrected chi connectivity index (χ3v) is 3.77. The molecule has 1 aromatic heterocycles. The van der Waals surface area contributed by atoms with Gasteiger partial charge >= 0.3 is 5.97 Å². The van der Waals surface area contributed by atoms with Crippen LogP contribution in [0.25, 0.3) is 11.3 Å². The fourth-order valence-electron chi connectivity index (χ4n) is 2.74. The molecule has 1 aliphatic heterocycles. The van der Waals surface area contributed by atoms with Gasteiger partial charge < -0.3 is 10.4 Å². The monoisotopic (exact) mass is 283 g/mol. The number of aromatic nitrogens is 2. The molecule has 2 N–H and O–H groups in total. The van der Waals surface area contributed by atoms with Crippen molar-refractivity contribution in [3.8, 4) is 11.3 Å². The largest absolute Gasteiger partial charge is 0.478 e. The van der Waals surface area contributed by atoms with Gasteiger partial charge in [-0.25, -0.2) is 14.8 Å². The van der Waals surface area contributed by atoms with Crippen molar-refractivity contribution in [2.45, 2.75) is 19.3 Å². The minimum absolute atomic E-state index is 0.270. The Hall–Kier alpha value is -2.27. The molecule has 1 aromatic carbocycles. The van der Waals surface area contributed by atoms with Gasteiger partial charge in [0.05, 0.1) is 11.3 Å². The molecule has 0 radical (unpaired) electrons. The van der Waals surface area contributed by atoms with E-state index in [2.05, 4.69) is 15.3 Å². The number of aromatic carboxylic acids is 1. The van der Waals surface area contributed by atoms with Crippen molar-refractivity contribution in [2.75, 3.05) is 13.1 Å². The van der Waals surface area contributed by atoms with Gasteiger partial charge in [0.2, 0.25) is 0 Å². The molecule has 5 nitrogen and oxygen atoms in total. The molecule has 0 bridgehead atoms. The third kappa shape index (κ3) is 2.78. The lowest BCUT2D eigenvalue weighted by Gasteiger charge is -2.12. The second-order valence-corrected chi connectivity index (χ2v) is 5.27. The fourth-order valence-corrected chi connectivity index (χ4v) is 2.74. The predicted octanol–water partition coefficient (Wildman–Crippen LogP) is 2.23. The van der Waals surface area contributed by atoms with E-state index in [1.54, 1.807) is 18.2 Å². The highest BCUT2D eigenvalue weighted by Gasteiger charge is 2.20. The Kier molecular flexibility index (Phi) is 3.66. The smallest absolute Gasteiger partial charge is 0.336 e. The molecule has 0 spiro atoms. The Morgan fingerprint density at radius 3 is 2.86 bits per heavy atom. The van der Waals surface area contributed by atoms with Crippen LogP contribution in [-0.2, 0) is 0 Å². The SMILES string of the molecule is Cc1nc(-c2ccccc2C(=O)O)cc(C2CCNC2)n1. The topological polar surface area (TPSA) is 75.1 Å². The summed E-state index contributed by atoms with van der Waals surface area (Å²) in [7, 11) is 0. The molecular formula is C16H17N3O2. The Balaban J connectivity index is 2.08. The Morgan fingerprint density at radius 1 is 1.33 bits per heavy atom. The van der Waals surface area contributed by atoms with Gasteiger partial charge in [0.25, 0.3) is 0 Å². The van der Waals surface area contributed by atoms with Crippen molar-refractivity contribution in [1.82, 2.24) is 15.3 Å². The number of carboxylic acids is 1. The van der Waals surface area contributed by atoms with E-state index in [1.165, 1.54) is 0 Å². The minimum atomic E-state index is -0.939. The van der Waals surface area contributed by atoms with E-state index in [0.717, 1.165) is 25.2 Å². The van der Waals surface area contributed by atoms with Crippen molar-refractivity contribution in [1.29, 1.82) is 0 Å². The lowest BCUT2D eigenvalue weighted by Crippen LogP contribution is -2.10. The van der Waals surface area contributed by atoms with E-state index >= 15 is 0 Å². The summed E-state index contributed by atoms with van der Waals surface area (Å²) < 4.78 is 0. The fraction of sp³-hybridized carbons (Fsp3) is 0.312. The molecule has 21 heavy (non-hydrogen) atoms. The van der Waals surface area contributed by atoms with E-state index in [0.29, 0.717) is 23.0 Å². The van der Waals surface area contributed by atoms with Gasteiger partial charge in [0.1, 0.15) is 5.82 Å². The van der Waals surface area contributed by atoms with Crippen molar-refractivity contribution in [2.24, 2.45) is 0 Å². The normalized spacial score (nSPS) is 17.9. The number of nitrogens with one attached hydrogen (secondary N) is 1. The van der Waals surface area contributed by atoms with Crippen molar-refractivity contribution in [3.05, 3.63) is 47.4 Å². The first-order valence-electron chi connectivity index (χ1n) is 7.04. The van der Waals surface area contributed by atoms with Gasteiger partial charge in [-0.3, -0.25) is 0 Å².